The highest BCUT2D eigenvalue weighted by Gasteiger charge is 2.15. The maximum atomic E-state index is 5.29. The summed E-state index contributed by atoms with van der Waals surface area (Å²) in [5.41, 5.74) is 0.868. The normalized spacial score (nSPS) is 10.2. The average molecular weight is 331 g/mol. The Kier molecular flexibility index (Phi) is 4.03. The maximum Gasteiger partial charge on any atom is 0.209 e. The van der Waals surface area contributed by atoms with E-state index in [9.17, 15) is 0 Å². The van der Waals surface area contributed by atoms with E-state index in [1.807, 2.05) is 12.1 Å². The molecule has 18 heavy (non-hydrogen) atoms. The Labute approximate surface area is 117 Å². The molecule has 0 aliphatic rings. The predicted molar refractivity (Wildman–Crippen MR) is 72.7 cm³/mol. The van der Waals surface area contributed by atoms with Crippen molar-refractivity contribution in [2.45, 2.75) is 0 Å². The molecule has 0 N–H and O–H groups in total. The molecular weight excluding hydrogens is 320 g/mol. The van der Waals surface area contributed by atoms with Gasteiger partial charge in [-0.2, -0.15) is 4.37 Å². The molecule has 1 heterocycles. The highest BCUT2D eigenvalue weighted by atomic mass is 79.9. The summed E-state index contributed by atoms with van der Waals surface area (Å²) in [5.74, 6) is 1.75. The lowest BCUT2D eigenvalue weighted by Crippen LogP contribution is -1.95. The molecular formula is C11H11BrN2O3S. The zero-order valence-electron chi connectivity index (χ0n) is 10.1. The summed E-state index contributed by atoms with van der Waals surface area (Å²) in [6, 6.07) is 3.68. The quantitative estimate of drug-likeness (QED) is 0.862. The molecule has 7 heteroatoms. The zero-order valence-corrected chi connectivity index (χ0v) is 12.5. The van der Waals surface area contributed by atoms with Crippen molar-refractivity contribution in [3.63, 3.8) is 0 Å². The largest absolute Gasteiger partial charge is 0.493 e. The number of rotatable bonds is 4. The van der Waals surface area contributed by atoms with Crippen LogP contribution in [0.4, 0.5) is 0 Å². The van der Waals surface area contributed by atoms with Crippen LogP contribution in [0.2, 0.25) is 0 Å². The molecule has 0 amide bonds. The van der Waals surface area contributed by atoms with Gasteiger partial charge in [-0.05, 0) is 39.6 Å². The maximum absolute atomic E-state index is 5.29. The van der Waals surface area contributed by atoms with Crippen molar-refractivity contribution < 1.29 is 14.2 Å². The molecule has 5 nitrogen and oxygen atoms in total. The van der Waals surface area contributed by atoms with Crippen LogP contribution in [0.3, 0.4) is 0 Å². The van der Waals surface area contributed by atoms with Crippen molar-refractivity contribution in [2.75, 3.05) is 21.3 Å². The van der Waals surface area contributed by atoms with Gasteiger partial charge < -0.3 is 14.2 Å². The monoisotopic (exact) mass is 330 g/mol. The molecule has 1 aromatic heterocycles. The van der Waals surface area contributed by atoms with Crippen molar-refractivity contribution in [1.82, 2.24) is 9.36 Å². The lowest BCUT2D eigenvalue weighted by Gasteiger charge is -2.12. The molecule has 0 fully saturated rings. The SMILES string of the molecule is COc1cc(-c2nc(Br)ns2)cc(OC)c1OC. The standard InChI is InChI=1S/C11H11BrN2O3S/c1-15-7-4-6(10-13-11(12)14-18-10)5-8(16-2)9(7)17-3/h4-5H,1-3H3. The Morgan fingerprint density at radius 2 is 1.67 bits per heavy atom. The fraction of sp³-hybridized carbons (Fsp3) is 0.273. The van der Waals surface area contributed by atoms with Crippen LogP contribution in [0.5, 0.6) is 17.2 Å². The first-order valence-corrected chi connectivity index (χ1v) is 6.55. The molecule has 0 spiro atoms. The van der Waals surface area contributed by atoms with Crippen LogP contribution in [-0.2, 0) is 0 Å². The second-order valence-electron chi connectivity index (χ2n) is 3.28. The zero-order chi connectivity index (χ0) is 13.1. The van der Waals surface area contributed by atoms with Gasteiger partial charge in [-0.3, -0.25) is 0 Å². The minimum Gasteiger partial charge on any atom is -0.493 e. The van der Waals surface area contributed by atoms with Crippen LogP contribution in [0, 0.1) is 0 Å². The number of hydrogen-bond acceptors (Lipinski definition) is 6. The average Bonchev–Trinajstić information content (AvgIpc) is 2.83. The van der Waals surface area contributed by atoms with Crippen molar-refractivity contribution >= 4 is 27.5 Å². The lowest BCUT2D eigenvalue weighted by atomic mass is 10.2. The van der Waals surface area contributed by atoms with E-state index in [0.29, 0.717) is 22.0 Å². The molecule has 2 aromatic rings. The van der Waals surface area contributed by atoms with E-state index < -0.39 is 0 Å². The van der Waals surface area contributed by atoms with E-state index in [0.717, 1.165) is 10.6 Å². The Hall–Kier alpha value is -1.34. The Morgan fingerprint density at radius 3 is 2.06 bits per heavy atom. The number of methoxy groups -OCH3 is 3. The van der Waals surface area contributed by atoms with Gasteiger partial charge in [0.05, 0.1) is 21.3 Å². The topological polar surface area (TPSA) is 53.5 Å². The van der Waals surface area contributed by atoms with Gasteiger partial charge in [-0.1, -0.05) is 0 Å². The van der Waals surface area contributed by atoms with Crippen LogP contribution < -0.4 is 14.2 Å². The van der Waals surface area contributed by atoms with Gasteiger partial charge >= 0.3 is 0 Å². The summed E-state index contributed by atoms with van der Waals surface area (Å²) in [5, 5.41) is 0.779. The molecule has 0 bridgehead atoms. The van der Waals surface area contributed by atoms with E-state index in [2.05, 4.69) is 25.3 Å². The number of hydrogen-bond donors (Lipinski definition) is 0. The number of benzene rings is 1. The van der Waals surface area contributed by atoms with Gasteiger partial charge in [-0.15, -0.1) is 0 Å². The first kappa shape index (κ1) is 13.1. The molecule has 0 saturated heterocycles. The highest BCUT2D eigenvalue weighted by Crippen LogP contribution is 2.41. The smallest absolute Gasteiger partial charge is 0.209 e. The van der Waals surface area contributed by atoms with Gasteiger partial charge in [0.15, 0.2) is 11.5 Å². The Balaban J connectivity index is 2.56. The second-order valence-corrected chi connectivity index (χ2v) is 4.74. The fourth-order valence-corrected chi connectivity index (χ4v) is 2.59. The Bertz CT molecular complexity index is 534. The molecule has 0 radical (unpaired) electrons. The summed E-state index contributed by atoms with van der Waals surface area (Å²) in [7, 11) is 4.73. The van der Waals surface area contributed by atoms with E-state index in [-0.39, 0.29) is 0 Å². The van der Waals surface area contributed by atoms with Crippen LogP contribution in [-0.4, -0.2) is 30.7 Å². The molecule has 2 rings (SSSR count). The number of aromatic nitrogens is 2. The minimum atomic E-state index is 0.562. The van der Waals surface area contributed by atoms with Crippen molar-refractivity contribution in [3.8, 4) is 27.8 Å². The summed E-state index contributed by atoms with van der Waals surface area (Å²) in [6.07, 6.45) is 0. The van der Waals surface area contributed by atoms with E-state index >= 15 is 0 Å². The minimum absolute atomic E-state index is 0.562. The first-order valence-electron chi connectivity index (χ1n) is 4.99. The Morgan fingerprint density at radius 1 is 1.06 bits per heavy atom. The second kappa shape index (κ2) is 5.53. The number of halogens is 1. The van der Waals surface area contributed by atoms with Crippen LogP contribution in [0.1, 0.15) is 0 Å². The first-order chi connectivity index (χ1) is 8.69. The van der Waals surface area contributed by atoms with E-state index in [1.165, 1.54) is 11.5 Å². The lowest BCUT2D eigenvalue weighted by molar-refractivity contribution is 0.324. The van der Waals surface area contributed by atoms with Gasteiger partial charge in [-0.25, -0.2) is 4.98 Å². The number of ether oxygens (including phenoxy) is 3. The van der Waals surface area contributed by atoms with Crippen molar-refractivity contribution in [1.29, 1.82) is 0 Å². The van der Waals surface area contributed by atoms with Gasteiger partial charge in [0.2, 0.25) is 10.5 Å². The van der Waals surface area contributed by atoms with Gasteiger partial charge in [0.25, 0.3) is 0 Å². The van der Waals surface area contributed by atoms with Crippen LogP contribution in [0.25, 0.3) is 10.6 Å². The van der Waals surface area contributed by atoms with E-state index in [4.69, 9.17) is 14.2 Å². The third-order valence-corrected chi connectivity index (χ3v) is 3.67. The molecule has 1 aromatic carbocycles. The van der Waals surface area contributed by atoms with Crippen LogP contribution in [0.15, 0.2) is 16.9 Å². The molecule has 0 aliphatic heterocycles. The van der Waals surface area contributed by atoms with E-state index in [1.54, 1.807) is 21.3 Å². The predicted octanol–water partition coefficient (Wildman–Crippen LogP) is 2.99. The van der Waals surface area contributed by atoms with Crippen LogP contribution >= 0.6 is 27.5 Å². The summed E-state index contributed by atoms with van der Waals surface area (Å²) in [6.45, 7) is 0. The molecule has 0 atom stereocenters. The summed E-state index contributed by atoms with van der Waals surface area (Å²) >= 11 is 4.52. The van der Waals surface area contributed by atoms with Gasteiger partial charge in [0, 0.05) is 5.56 Å². The molecule has 0 saturated carbocycles. The molecule has 0 aliphatic carbocycles. The van der Waals surface area contributed by atoms with Gasteiger partial charge in [0.1, 0.15) is 5.01 Å². The van der Waals surface area contributed by atoms with Crippen molar-refractivity contribution in [3.05, 3.63) is 16.9 Å². The summed E-state index contributed by atoms with van der Waals surface area (Å²) < 4.78 is 20.5. The molecule has 96 valence electrons. The number of nitrogens with zero attached hydrogens (tertiary/aromatic N) is 2. The molecule has 0 unspecified atom stereocenters. The third-order valence-electron chi connectivity index (χ3n) is 2.31. The fourth-order valence-electron chi connectivity index (χ4n) is 1.53. The summed E-state index contributed by atoms with van der Waals surface area (Å²) in [4.78, 5) is 4.26. The third kappa shape index (κ3) is 2.41. The van der Waals surface area contributed by atoms with Crippen molar-refractivity contribution in [2.24, 2.45) is 0 Å². The highest BCUT2D eigenvalue weighted by molar-refractivity contribution is 9.10.